The molecule has 29 heavy (non-hydrogen) atoms. The number of fused-ring (bicyclic) bond motifs is 1. The molecule has 0 spiro atoms. The van der Waals surface area contributed by atoms with E-state index in [0.29, 0.717) is 13.0 Å². The van der Waals surface area contributed by atoms with E-state index in [-0.39, 0.29) is 11.8 Å². The molecule has 0 unspecified atom stereocenters. The summed E-state index contributed by atoms with van der Waals surface area (Å²) in [7, 11) is 1.66. The number of methoxy groups -OCH3 is 1. The number of benzene rings is 3. The Morgan fingerprint density at radius 3 is 2.45 bits per heavy atom. The summed E-state index contributed by atoms with van der Waals surface area (Å²) in [5.74, 6) is 0.880. The lowest BCUT2D eigenvalue weighted by Crippen LogP contribution is -2.30. The lowest BCUT2D eigenvalue weighted by molar-refractivity contribution is -0.120. The molecular formula is C25H24N2O2. The number of carbonyl (C=O) groups excluding carboxylic acids is 1. The lowest BCUT2D eigenvalue weighted by Gasteiger charge is -2.19. The molecule has 0 bridgehead atoms. The van der Waals surface area contributed by atoms with Crippen molar-refractivity contribution in [3.05, 3.63) is 102 Å². The molecule has 4 heteroatoms. The Hall–Kier alpha value is -3.53. The minimum atomic E-state index is 0.0227. The SMILES string of the molecule is COc1ccc([C@@H](CNC(=O)Cc2ccccc2)c2c[nH]c3ccccc23)cc1. The molecule has 1 aromatic heterocycles. The molecule has 0 radical (unpaired) electrons. The molecule has 2 N–H and O–H groups in total. The van der Waals surface area contributed by atoms with Crippen molar-refractivity contribution in [3.63, 3.8) is 0 Å². The van der Waals surface area contributed by atoms with Crippen molar-refractivity contribution in [1.29, 1.82) is 0 Å². The largest absolute Gasteiger partial charge is 0.497 e. The minimum Gasteiger partial charge on any atom is -0.497 e. The molecule has 4 aromatic rings. The predicted molar refractivity (Wildman–Crippen MR) is 116 cm³/mol. The summed E-state index contributed by atoms with van der Waals surface area (Å²) >= 11 is 0. The average molecular weight is 384 g/mol. The molecule has 3 aromatic carbocycles. The van der Waals surface area contributed by atoms with Gasteiger partial charge in [0, 0.05) is 29.6 Å². The lowest BCUT2D eigenvalue weighted by atomic mass is 9.90. The number of rotatable bonds is 7. The topological polar surface area (TPSA) is 54.1 Å². The normalized spacial score (nSPS) is 11.9. The van der Waals surface area contributed by atoms with Crippen molar-refractivity contribution in [3.8, 4) is 5.75 Å². The Labute approximate surface area is 170 Å². The first kappa shape index (κ1) is 18.8. The zero-order chi connectivity index (χ0) is 20.1. The van der Waals surface area contributed by atoms with Crippen LogP contribution in [0.4, 0.5) is 0 Å². The van der Waals surface area contributed by atoms with Gasteiger partial charge in [0.2, 0.25) is 5.91 Å². The van der Waals surface area contributed by atoms with Crippen LogP contribution in [0.5, 0.6) is 5.75 Å². The number of ether oxygens (including phenoxy) is 1. The number of H-pyrrole nitrogens is 1. The molecule has 1 heterocycles. The standard InChI is InChI=1S/C25H24N2O2/c1-29-20-13-11-19(12-14-20)22(23-17-26-24-10-6-5-9-21(23)24)16-27-25(28)15-18-7-3-2-4-8-18/h2-14,17,22,26H,15-16H2,1H3,(H,27,28)/t22-/m1/s1. The second kappa shape index (κ2) is 8.65. The summed E-state index contributed by atoms with van der Waals surface area (Å²) in [5, 5.41) is 4.30. The summed E-state index contributed by atoms with van der Waals surface area (Å²) in [5.41, 5.74) is 4.41. The Morgan fingerprint density at radius 1 is 0.966 bits per heavy atom. The molecule has 1 amide bonds. The van der Waals surface area contributed by atoms with Crippen LogP contribution in [0.1, 0.15) is 22.6 Å². The molecule has 0 aliphatic carbocycles. The van der Waals surface area contributed by atoms with Crippen LogP contribution in [0.2, 0.25) is 0 Å². The number of aromatic nitrogens is 1. The van der Waals surface area contributed by atoms with Crippen molar-refractivity contribution in [1.82, 2.24) is 10.3 Å². The highest BCUT2D eigenvalue weighted by atomic mass is 16.5. The molecular weight excluding hydrogens is 360 g/mol. The van der Waals surface area contributed by atoms with Gasteiger partial charge in [-0.1, -0.05) is 60.7 Å². The van der Waals surface area contributed by atoms with Crippen molar-refractivity contribution in [2.75, 3.05) is 13.7 Å². The van der Waals surface area contributed by atoms with E-state index < -0.39 is 0 Å². The van der Waals surface area contributed by atoms with Gasteiger partial charge in [0.25, 0.3) is 0 Å². The van der Waals surface area contributed by atoms with Gasteiger partial charge in [-0.25, -0.2) is 0 Å². The fourth-order valence-corrected chi connectivity index (χ4v) is 3.69. The van der Waals surface area contributed by atoms with Gasteiger partial charge in [0.1, 0.15) is 5.75 Å². The maximum Gasteiger partial charge on any atom is 0.224 e. The van der Waals surface area contributed by atoms with Crippen LogP contribution < -0.4 is 10.1 Å². The fraction of sp³-hybridized carbons (Fsp3) is 0.160. The maximum atomic E-state index is 12.5. The summed E-state index contributed by atoms with van der Waals surface area (Å²) in [6.07, 6.45) is 2.42. The van der Waals surface area contributed by atoms with Gasteiger partial charge in [-0.15, -0.1) is 0 Å². The van der Waals surface area contributed by atoms with E-state index in [9.17, 15) is 4.79 Å². The average Bonchev–Trinajstić information content (AvgIpc) is 3.19. The maximum absolute atomic E-state index is 12.5. The van der Waals surface area contributed by atoms with Gasteiger partial charge in [0.15, 0.2) is 0 Å². The van der Waals surface area contributed by atoms with Gasteiger partial charge in [-0.05, 0) is 34.9 Å². The van der Waals surface area contributed by atoms with E-state index >= 15 is 0 Å². The number of hydrogen-bond donors (Lipinski definition) is 2. The van der Waals surface area contributed by atoms with Gasteiger partial charge in [-0.3, -0.25) is 4.79 Å². The molecule has 0 aliphatic heterocycles. The van der Waals surface area contributed by atoms with Crippen LogP contribution in [0.3, 0.4) is 0 Å². The molecule has 0 aliphatic rings. The van der Waals surface area contributed by atoms with Gasteiger partial charge >= 0.3 is 0 Å². The van der Waals surface area contributed by atoms with E-state index in [1.54, 1.807) is 7.11 Å². The van der Waals surface area contributed by atoms with Crippen molar-refractivity contribution in [2.24, 2.45) is 0 Å². The van der Waals surface area contributed by atoms with Gasteiger partial charge in [-0.2, -0.15) is 0 Å². The molecule has 4 rings (SSSR count). The number of nitrogens with one attached hydrogen (secondary N) is 2. The van der Waals surface area contributed by atoms with Gasteiger partial charge in [0.05, 0.1) is 13.5 Å². The number of amides is 1. The molecule has 146 valence electrons. The number of hydrogen-bond acceptors (Lipinski definition) is 2. The number of aromatic amines is 1. The van der Waals surface area contributed by atoms with Crippen LogP contribution in [-0.4, -0.2) is 24.5 Å². The second-order valence-corrected chi connectivity index (χ2v) is 7.08. The zero-order valence-corrected chi connectivity index (χ0v) is 16.4. The van der Waals surface area contributed by atoms with Crippen molar-refractivity contribution in [2.45, 2.75) is 12.3 Å². The third-order valence-corrected chi connectivity index (χ3v) is 5.23. The van der Waals surface area contributed by atoms with Crippen LogP contribution >= 0.6 is 0 Å². The zero-order valence-electron chi connectivity index (χ0n) is 16.4. The van der Waals surface area contributed by atoms with Crippen LogP contribution in [0, 0.1) is 0 Å². The van der Waals surface area contributed by atoms with Crippen molar-refractivity contribution < 1.29 is 9.53 Å². The van der Waals surface area contributed by atoms with E-state index in [1.807, 2.05) is 60.8 Å². The Balaban J connectivity index is 1.58. The summed E-state index contributed by atoms with van der Waals surface area (Å²) in [6, 6.07) is 26.1. The highest BCUT2D eigenvalue weighted by Gasteiger charge is 2.19. The Bertz CT molecular complexity index is 1080. The van der Waals surface area contributed by atoms with Crippen LogP contribution in [0.15, 0.2) is 85.1 Å². The van der Waals surface area contributed by atoms with E-state index in [2.05, 4.69) is 34.6 Å². The third kappa shape index (κ3) is 4.32. The Kier molecular flexibility index (Phi) is 5.61. The predicted octanol–water partition coefficient (Wildman–Crippen LogP) is 4.67. The van der Waals surface area contributed by atoms with Crippen molar-refractivity contribution >= 4 is 16.8 Å². The molecule has 4 nitrogen and oxygen atoms in total. The van der Waals surface area contributed by atoms with Crippen LogP contribution in [-0.2, 0) is 11.2 Å². The summed E-state index contributed by atoms with van der Waals surface area (Å²) in [6.45, 7) is 0.528. The molecule has 0 saturated carbocycles. The molecule has 1 atom stereocenters. The molecule has 0 saturated heterocycles. The third-order valence-electron chi connectivity index (χ3n) is 5.23. The monoisotopic (exact) mass is 384 g/mol. The van der Waals surface area contributed by atoms with E-state index in [1.165, 1.54) is 10.9 Å². The number of carbonyl (C=O) groups is 1. The second-order valence-electron chi connectivity index (χ2n) is 7.08. The minimum absolute atomic E-state index is 0.0227. The van der Waals surface area contributed by atoms with Gasteiger partial charge < -0.3 is 15.0 Å². The van der Waals surface area contributed by atoms with E-state index in [0.717, 1.165) is 22.4 Å². The highest BCUT2D eigenvalue weighted by Crippen LogP contribution is 2.31. The molecule has 0 fully saturated rings. The highest BCUT2D eigenvalue weighted by molar-refractivity contribution is 5.84. The summed E-state index contributed by atoms with van der Waals surface area (Å²) < 4.78 is 5.30. The number of para-hydroxylation sites is 1. The Morgan fingerprint density at radius 2 is 1.69 bits per heavy atom. The van der Waals surface area contributed by atoms with E-state index in [4.69, 9.17) is 4.74 Å². The first-order valence-electron chi connectivity index (χ1n) is 9.75. The smallest absolute Gasteiger partial charge is 0.224 e. The first-order valence-corrected chi connectivity index (χ1v) is 9.75. The summed E-state index contributed by atoms with van der Waals surface area (Å²) in [4.78, 5) is 15.9. The van der Waals surface area contributed by atoms with Crippen LogP contribution in [0.25, 0.3) is 10.9 Å². The quantitative estimate of drug-likeness (QED) is 0.487. The first-order chi connectivity index (χ1) is 14.2. The fourth-order valence-electron chi connectivity index (χ4n) is 3.69.